The van der Waals surface area contributed by atoms with Crippen molar-refractivity contribution in [2.75, 3.05) is 145 Å². The number of likely N-dealkylation sites (N-methyl/N-ethyl adjacent to an activating group) is 5. The fourth-order valence-corrected chi connectivity index (χ4v) is 17.7. The number of piperidine rings is 5. The molecule has 8 aromatic heterocycles. The fourth-order valence-electron chi connectivity index (χ4n) is 15.7. The average molecular weight is 1720 g/mol. The van der Waals surface area contributed by atoms with Crippen LogP contribution < -0.4 is 40.9 Å². The van der Waals surface area contributed by atoms with E-state index in [9.17, 15) is 4.79 Å². The Morgan fingerprint density at radius 1 is 0.508 bits per heavy atom. The van der Waals surface area contributed by atoms with Crippen molar-refractivity contribution in [3.05, 3.63) is 150 Å². The van der Waals surface area contributed by atoms with Crippen LogP contribution in [0, 0.1) is 0 Å². The van der Waals surface area contributed by atoms with E-state index in [4.69, 9.17) is 32.7 Å². The number of H-pyrrole nitrogens is 2. The Bertz CT molecular complexity index is 4840. The first-order chi connectivity index (χ1) is 57.1. The summed E-state index contributed by atoms with van der Waals surface area (Å²) >= 11 is 12.0. The summed E-state index contributed by atoms with van der Waals surface area (Å²) in [4.78, 5) is 63.9. The molecule has 0 spiro atoms. The van der Waals surface area contributed by atoms with Crippen molar-refractivity contribution in [3.63, 3.8) is 0 Å². The van der Waals surface area contributed by atoms with Gasteiger partial charge in [-0.05, 0) is 139 Å². The van der Waals surface area contributed by atoms with Gasteiger partial charge in [0, 0.05) is 156 Å². The van der Waals surface area contributed by atoms with Crippen LogP contribution in [-0.4, -0.2) is 267 Å². The highest BCUT2D eigenvalue weighted by atomic mass is 35.5. The smallest absolute Gasteiger partial charge is 0.241 e. The second kappa shape index (κ2) is 45.8. The molecule has 34 heteroatoms. The first kappa shape index (κ1) is 93.3. The number of likely N-dealkylation sites (tertiary alicyclic amines) is 3. The number of nitrogens with one attached hydrogen (secondary N) is 6. The summed E-state index contributed by atoms with van der Waals surface area (Å²) in [5, 5.41) is 41.1. The van der Waals surface area contributed by atoms with E-state index >= 15 is 0 Å². The van der Waals surface area contributed by atoms with Crippen LogP contribution in [-0.2, 0) is 40.8 Å². The second-order valence-electron chi connectivity index (χ2n) is 34.0. The Morgan fingerprint density at radius 3 is 1.39 bits per heavy atom. The van der Waals surface area contributed by atoms with Crippen LogP contribution in [0.4, 0.5) is 29.0 Å². The predicted octanol–water partition coefficient (Wildman–Crippen LogP) is 13.4. The standard InChI is InChI=1S/C24H36N6OSi.C19H21Cl2N7O.C17H30N6OSi.C13H20N2.C11H16N6.2CH4/c1-28(21-11-8-12-29(17-21)16-20-9-6-5-7-10-20)23-22-15-27-30(24(22)26-18-25-23)19-31-13-14-32(2,3)4;1-27(19-16-8-25-26-18(16)23-11-24-19)15-3-2-4-28(10-15)17(29)9-22-14-6-12(20)5-13(21)7-14;1-22(14-6-5-7-18-10-14)16-15-11-21-23(17(15)20-12-19-16)13-24-8-9-25(2,3)4;1-14-13-8-5-9-15(11-13)10-12-6-3-2-4-7-12;1-17(8-3-2-4-12-5-8)11-9-6-15-16-10(9)13-7-14-11;;/h5-7,9-10,15,18,21H,8,11-14,16-17,19H2,1-4H3;5-8,11,15,22H,2-4,9-10H2,1H3,(H,23,24,25,26);11-12,14,18H,5-10,13H2,1-4H3;2-4,6-7,13-14H,5,8-11H2,1H3;6-8,12H,2-5H2,1H3,(H,13,14,15,16);2*1H4/t21-;15-;14-;13-;8-;;/m11111../s1. The van der Waals surface area contributed by atoms with Gasteiger partial charge in [0.15, 0.2) is 22.6 Å². The molecule has 5 saturated heterocycles. The lowest BCUT2D eigenvalue weighted by molar-refractivity contribution is -0.130. The Kier molecular flexibility index (Phi) is 35.6. The normalized spacial score (nSPS) is 18.4. The molecule has 5 aliphatic rings. The van der Waals surface area contributed by atoms with E-state index in [2.05, 4.69) is 249 Å². The highest BCUT2D eigenvalue weighted by molar-refractivity contribution is 6.76. The van der Waals surface area contributed by atoms with E-state index in [0.29, 0.717) is 59.9 Å². The lowest BCUT2D eigenvalue weighted by Crippen LogP contribution is -2.50. The highest BCUT2D eigenvalue weighted by Crippen LogP contribution is 2.32. The number of anilines is 5. The number of rotatable bonds is 26. The van der Waals surface area contributed by atoms with Gasteiger partial charge in [0.1, 0.15) is 62.0 Å². The molecule has 0 aliphatic carbocycles. The molecular formula is C86H131Cl2N27O3Si2. The number of carbonyl (C=O) groups excluding carboxylic acids is 1. The lowest BCUT2D eigenvalue weighted by atomic mass is 10.0. The molecule has 16 rings (SSSR count). The van der Waals surface area contributed by atoms with Crippen molar-refractivity contribution in [1.82, 2.24) is 110 Å². The number of hydrogen-bond donors (Lipinski definition) is 6. The molecule has 5 atom stereocenters. The number of halogens is 2. The van der Waals surface area contributed by atoms with Crippen LogP contribution >= 0.6 is 23.2 Å². The maximum Gasteiger partial charge on any atom is 0.241 e. The number of carbonyl (C=O) groups is 1. The number of aromatic nitrogens is 16. The first-order valence-corrected chi connectivity index (χ1v) is 50.1. The van der Waals surface area contributed by atoms with Crippen molar-refractivity contribution < 1.29 is 14.3 Å². The molecule has 30 nitrogen and oxygen atoms in total. The fraction of sp³-hybridized carbons (Fsp3) is 0.547. The van der Waals surface area contributed by atoms with Crippen LogP contribution in [0.5, 0.6) is 0 Å². The van der Waals surface area contributed by atoms with Crippen molar-refractivity contribution >= 4 is 118 Å². The minimum Gasteiger partial charge on any atom is -0.376 e. The minimum atomic E-state index is -1.10. The zero-order valence-electron chi connectivity index (χ0n) is 70.9. The molecular weight excluding hydrogens is 1590 g/mol. The molecule has 11 aromatic rings. The van der Waals surface area contributed by atoms with Crippen LogP contribution in [0.25, 0.3) is 44.1 Å². The zero-order chi connectivity index (χ0) is 83.0. The largest absolute Gasteiger partial charge is 0.376 e. The number of ether oxygens (including phenoxy) is 2. The van der Waals surface area contributed by atoms with Crippen LogP contribution in [0.15, 0.2) is 129 Å². The molecule has 0 saturated carbocycles. The van der Waals surface area contributed by atoms with Gasteiger partial charge in [-0.15, -0.1) is 0 Å². The predicted molar refractivity (Wildman–Crippen MR) is 494 cm³/mol. The summed E-state index contributed by atoms with van der Waals surface area (Å²) in [7, 11) is 8.25. The minimum absolute atomic E-state index is 0. The Hall–Kier alpha value is -8.94. The summed E-state index contributed by atoms with van der Waals surface area (Å²) in [5.74, 6) is 3.71. The molecule has 13 heterocycles. The van der Waals surface area contributed by atoms with Gasteiger partial charge in [-0.1, -0.05) is 138 Å². The van der Waals surface area contributed by atoms with Gasteiger partial charge >= 0.3 is 0 Å². The number of amides is 1. The summed E-state index contributed by atoms with van der Waals surface area (Å²) in [6.45, 7) is 29.1. The average Bonchev–Trinajstić information content (AvgIpc) is 1.64. The van der Waals surface area contributed by atoms with Crippen molar-refractivity contribution in [3.8, 4) is 0 Å². The second-order valence-corrected chi connectivity index (χ2v) is 46.1. The van der Waals surface area contributed by atoms with Crippen LogP contribution in [0.1, 0.15) is 90.2 Å². The topological polar surface area (TPSA) is 302 Å². The highest BCUT2D eigenvalue weighted by Gasteiger charge is 2.31. The number of benzene rings is 3. The van der Waals surface area contributed by atoms with Crippen molar-refractivity contribution in [2.24, 2.45) is 0 Å². The molecule has 0 radical (unpaired) electrons. The number of nitrogens with zero attached hydrogens (tertiary/aromatic N) is 21. The monoisotopic (exact) mass is 1720 g/mol. The van der Waals surface area contributed by atoms with E-state index in [0.717, 1.165) is 164 Å². The summed E-state index contributed by atoms with van der Waals surface area (Å²) in [6.07, 6.45) is 25.4. The Balaban J connectivity index is 0.000000161. The van der Waals surface area contributed by atoms with E-state index < -0.39 is 16.1 Å². The van der Waals surface area contributed by atoms with E-state index in [1.54, 1.807) is 49.6 Å². The van der Waals surface area contributed by atoms with E-state index in [1.165, 1.54) is 81.9 Å². The van der Waals surface area contributed by atoms with Crippen LogP contribution in [0.2, 0.25) is 61.4 Å². The molecule has 5 fully saturated rings. The molecule has 0 bridgehead atoms. The van der Waals surface area contributed by atoms with E-state index in [-0.39, 0.29) is 33.3 Å². The third-order valence-corrected chi connectivity index (χ3v) is 26.6. The number of aromatic amines is 2. The summed E-state index contributed by atoms with van der Waals surface area (Å²) < 4.78 is 15.4. The first-order valence-electron chi connectivity index (χ1n) is 41.9. The molecule has 5 aliphatic heterocycles. The summed E-state index contributed by atoms with van der Waals surface area (Å²) in [5.41, 5.74) is 6.70. The van der Waals surface area contributed by atoms with Gasteiger partial charge in [-0.25, -0.2) is 49.2 Å². The Labute approximate surface area is 721 Å². The molecule has 1 amide bonds. The maximum absolute atomic E-state index is 12.8. The molecule has 0 unspecified atom stereocenters. The van der Waals surface area contributed by atoms with Crippen molar-refractivity contribution in [2.45, 2.75) is 187 Å². The van der Waals surface area contributed by atoms with Gasteiger partial charge in [0.25, 0.3) is 0 Å². The van der Waals surface area contributed by atoms with Gasteiger partial charge < -0.3 is 55.2 Å². The number of fused-ring (bicyclic) bond motifs is 4. The molecule has 3 aromatic carbocycles. The Morgan fingerprint density at radius 2 is 0.933 bits per heavy atom. The molecule has 6 N–H and O–H groups in total. The zero-order valence-corrected chi connectivity index (χ0v) is 74.4. The number of hydrogen-bond acceptors (Lipinski definition) is 25. The van der Waals surface area contributed by atoms with E-state index in [1.807, 2.05) is 33.7 Å². The SMILES string of the molecule is C.C.CN(c1ncnc2[nH]ncc12)[C@@H]1CCCN(C(=O)CNc2cc(Cl)cc(Cl)c2)C1.CN(c1ncnc2[nH]ncc12)[C@@H]1CCCNC1.CN(c1ncnc2c1cnn2COCC[Si](C)(C)C)[C@@H]1CCCN(Cc2ccccc2)C1.CN(c1ncnc2c1cnn2COCC[Si](C)(C)C)[C@@H]1CCCNC1.CN[C@@H]1CCCN(Cc2ccccc2)C1. The van der Waals surface area contributed by atoms with Crippen LogP contribution in [0.3, 0.4) is 0 Å². The molecule has 120 heavy (non-hydrogen) atoms. The lowest BCUT2D eigenvalue weighted by Gasteiger charge is -2.38. The third-order valence-electron chi connectivity index (χ3n) is 22.7. The van der Waals surface area contributed by atoms with Crippen molar-refractivity contribution in [1.29, 1.82) is 0 Å². The maximum atomic E-state index is 12.8. The molecule has 650 valence electrons. The summed E-state index contributed by atoms with van der Waals surface area (Å²) in [6, 6.07) is 31.2. The quantitative estimate of drug-likeness (QED) is 0.0217. The van der Waals surface area contributed by atoms with Gasteiger partial charge in [-0.2, -0.15) is 20.4 Å². The van der Waals surface area contributed by atoms with Gasteiger partial charge in [0.05, 0.1) is 52.9 Å². The third kappa shape index (κ3) is 26.8. The van der Waals surface area contributed by atoms with Gasteiger partial charge in [-0.3, -0.25) is 24.8 Å². The van der Waals surface area contributed by atoms with Gasteiger partial charge in [0.2, 0.25) is 5.91 Å².